The summed E-state index contributed by atoms with van der Waals surface area (Å²) in [6, 6.07) is 0.593. The number of halogens is 3. The molecule has 3 fully saturated rings. The number of morpholine rings is 1. The van der Waals surface area contributed by atoms with E-state index in [4.69, 9.17) is 4.74 Å². The number of nitrogens with zero attached hydrogens (tertiary/aromatic N) is 3. The highest BCUT2D eigenvalue weighted by atomic mass is 35.5. The van der Waals surface area contributed by atoms with Gasteiger partial charge in [0.2, 0.25) is 5.91 Å². The van der Waals surface area contributed by atoms with Crippen LogP contribution in [0.5, 0.6) is 0 Å². The fourth-order valence-electron chi connectivity index (χ4n) is 4.24. The molecule has 0 aromatic heterocycles. The van der Waals surface area contributed by atoms with Crippen LogP contribution in [0.4, 0.5) is 0 Å². The van der Waals surface area contributed by atoms with Crippen molar-refractivity contribution in [1.29, 1.82) is 0 Å². The van der Waals surface area contributed by atoms with Crippen molar-refractivity contribution in [2.45, 2.75) is 45.3 Å². The Kier molecular flexibility index (Phi) is 14.3. The average molecular weight is 462 g/mol. The Hall–Kier alpha value is 0.180. The van der Waals surface area contributed by atoms with Crippen molar-refractivity contribution in [2.75, 3.05) is 65.5 Å². The van der Waals surface area contributed by atoms with Crippen molar-refractivity contribution in [3.05, 3.63) is 0 Å². The number of ether oxygens (including phenoxy) is 1. The van der Waals surface area contributed by atoms with Gasteiger partial charge in [-0.3, -0.25) is 14.6 Å². The van der Waals surface area contributed by atoms with Crippen LogP contribution in [0.15, 0.2) is 0 Å². The van der Waals surface area contributed by atoms with Gasteiger partial charge in [-0.05, 0) is 45.7 Å². The van der Waals surface area contributed by atoms with Crippen LogP contribution in [-0.2, 0) is 9.53 Å². The first-order valence-electron chi connectivity index (χ1n) is 10.2. The molecule has 0 aromatic rings. The van der Waals surface area contributed by atoms with E-state index >= 15 is 0 Å². The van der Waals surface area contributed by atoms with Crippen LogP contribution in [0, 0.1) is 5.92 Å². The highest BCUT2D eigenvalue weighted by molar-refractivity contribution is 5.86. The van der Waals surface area contributed by atoms with Crippen molar-refractivity contribution in [2.24, 2.45) is 5.92 Å². The van der Waals surface area contributed by atoms with Gasteiger partial charge in [0.15, 0.2) is 0 Å². The second-order valence-corrected chi connectivity index (χ2v) is 8.16. The van der Waals surface area contributed by atoms with Crippen molar-refractivity contribution < 1.29 is 9.53 Å². The Labute approximate surface area is 189 Å². The Morgan fingerprint density at radius 3 is 2.43 bits per heavy atom. The van der Waals surface area contributed by atoms with Crippen molar-refractivity contribution in [3.8, 4) is 0 Å². The fraction of sp³-hybridized carbons (Fsp3) is 0.947. The van der Waals surface area contributed by atoms with Gasteiger partial charge in [-0.2, -0.15) is 0 Å². The predicted octanol–water partition coefficient (Wildman–Crippen LogP) is 1.89. The van der Waals surface area contributed by atoms with E-state index in [0.29, 0.717) is 24.0 Å². The first-order chi connectivity index (χ1) is 12.1. The molecule has 2 atom stereocenters. The number of hydrogen-bond donors (Lipinski definition) is 1. The minimum atomic E-state index is 0. The molecular weight excluding hydrogens is 423 g/mol. The van der Waals surface area contributed by atoms with E-state index in [1.807, 2.05) is 0 Å². The van der Waals surface area contributed by atoms with Gasteiger partial charge in [-0.15, -0.1) is 37.2 Å². The van der Waals surface area contributed by atoms with Crippen LogP contribution < -0.4 is 5.32 Å². The molecule has 3 rings (SSSR count). The Morgan fingerprint density at radius 2 is 1.82 bits per heavy atom. The normalized spacial score (nSPS) is 26.3. The molecule has 3 aliphatic rings. The molecule has 6 nitrogen and oxygen atoms in total. The highest BCUT2D eigenvalue weighted by Crippen LogP contribution is 2.16. The summed E-state index contributed by atoms with van der Waals surface area (Å²) in [6.45, 7) is 14.4. The molecule has 9 heteroatoms. The van der Waals surface area contributed by atoms with E-state index in [1.54, 1.807) is 0 Å². The van der Waals surface area contributed by atoms with Gasteiger partial charge in [-0.25, -0.2) is 0 Å². The minimum Gasteiger partial charge on any atom is -0.374 e. The van der Waals surface area contributed by atoms with E-state index in [2.05, 4.69) is 33.9 Å². The quantitative estimate of drug-likeness (QED) is 0.654. The predicted molar refractivity (Wildman–Crippen MR) is 121 cm³/mol. The number of rotatable bonds is 6. The molecule has 3 saturated heterocycles. The number of hydrogen-bond acceptors (Lipinski definition) is 5. The number of carbonyl (C=O) groups is 1. The van der Waals surface area contributed by atoms with Crippen LogP contribution >= 0.6 is 37.2 Å². The first kappa shape index (κ1) is 28.2. The van der Waals surface area contributed by atoms with Crippen molar-refractivity contribution in [1.82, 2.24) is 20.0 Å². The van der Waals surface area contributed by atoms with E-state index in [1.165, 1.54) is 6.42 Å². The summed E-state index contributed by atoms with van der Waals surface area (Å²) in [4.78, 5) is 19.5. The van der Waals surface area contributed by atoms with Gasteiger partial charge < -0.3 is 15.0 Å². The molecule has 168 valence electrons. The molecule has 0 saturated carbocycles. The molecule has 0 spiro atoms. The summed E-state index contributed by atoms with van der Waals surface area (Å²) in [5.41, 5.74) is 0. The van der Waals surface area contributed by atoms with Gasteiger partial charge in [-0.1, -0.05) is 0 Å². The standard InChI is InChI=1S/C19H36N4O2.3ClH/c1-16(2)23-11-12-25-18(15-23)14-21-7-9-22(10-8-21)19(24)4-3-17-5-6-20-13-17;;;/h16-18,20H,3-15H2,1-2H3;3*1H. The fourth-order valence-corrected chi connectivity index (χ4v) is 4.24. The molecule has 1 N–H and O–H groups in total. The molecule has 0 radical (unpaired) electrons. The summed E-state index contributed by atoms with van der Waals surface area (Å²) < 4.78 is 5.96. The summed E-state index contributed by atoms with van der Waals surface area (Å²) in [6.07, 6.45) is 3.32. The van der Waals surface area contributed by atoms with Crippen molar-refractivity contribution in [3.63, 3.8) is 0 Å². The summed E-state index contributed by atoms with van der Waals surface area (Å²) >= 11 is 0. The van der Waals surface area contributed by atoms with Gasteiger partial charge >= 0.3 is 0 Å². The van der Waals surface area contributed by atoms with Gasteiger partial charge in [0.1, 0.15) is 0 Å². The van der Waals surface area contributed by atoms with Crippen molar-refractivity contribution >= 4 is 43.1 Å². The van der Waals surface area contributed by atoms with Crippen LogP contribution in [0.1, 0.15) is 33.1 Å². The molecule has 28 heavy (non-hydrogen) atoms. The molecule has 3 heterocycles. The second kappa shape index (κ2) is 14.2. The zero-order valence-corrected chi connectivity index (χ0v) is 19.8. The van der Waals surface area contributed by atoms with E-state index in [0.717, 1.165) is 78.4 Å². The van der Waals surface area contributed by atoms with E-state index in [-0.39, 0.29) is 37.2 Å². The summed E-state index contributed by atoms with van der Waals surface area (Å²) in [7, 11) is 0. The number of piperazine rings is 1. The lowest BCUT2D eigenvalue weighted by atomic mass is 10.0. The Balaban J connectivity index is 0.00000243. The van der Waals surface area contributed by atoms with E-state index in [9.17, 15) is 4.79 Å². The number of nitrogens with one attached hydrogen (secondary N) is 1. The lowest BCUT2D eigenvalue weighted by molar-refractivity contribution is -0.133. The number of amides is 1. The molecule has 0 aromatic carbocycles. The van der Waals surface area contributed by atoms with Crippen LogP contribution in [0.25, 0.3) is 0 Å². The molecule has 0 bridgehead atoms. The maximum atomic E-state index is 12.4. The van der Waals surface area contributed by atoms with Gasteiger partial charge in [0.05, 0.1) is 12.7 Å². The number of carbonyl (C=O) groups excluding carboxylic acids is 1. The third-order valence-electron chi connectivity index (χ3n) is 6.02. The largest absolute Gasteiger partial charge is 0.374 e. The Bertz CT molecular complexity index is 431. The molecule has 2 unspecified atom stereocenters. The summed E-state index contributed by atoms with van der Waals surface area (Å²) in [5.74, 6) is 1.06. The van der Waals surface area contributed by atoms with Gasteiger partial charge in [0, 0.05) is 58.3 Å². The van der Waals surface area contributed by atoms with Gasteiger partial charge in [0.25, 0.3) is 0 Å². The molecular formula is C19H39Cl3N4O2. The maximum absolute atomic E-state index is 12.4. The second-order valence-electron chi connectivity index (χ2n) is 8.16. The monoisotopic (exact) mass is 460 g/mol. The first-order valence-corrected chi connectivity index (χ1v) is 10.2. The van der Waals surface area contributed by atoms with Crippen LogP contribution in [0.2, 0.25) is 0 Å². The lowest BCUT2D eigenvalue weighted by Crippen LogP contribution is -2.54. The topological polar surface area (TPSA) is 48.1 Å². The zero-order chi connectivity index (χ0) is 17.6. The Morgan fingerprint density at radius 1 is 1.11 bits per heavy atom. The third kappa shape index (κ3) is 8.50. The van der Waals surface area contributed by atoms with Crippen LogP contribution in [0.3, 0.4) is 0 Å². The van der Waals surface area contributed by atoms with Crippen LogP contribution in [-0.4, -0.2) is 98.3 Å². The average Bonchev–Trinajstić information content (AvgIpc) is 3.14. The highest BCUT2D eigenvalue weighted by Gasteiger charge is 2.27. The minimum absolute atomic E-state index is 0. The zero-order valence-electron chi connectivity index (χ0n) is 17.3. The molecule has 1 amide bonds. The molecule has 0 aliphatic carbocycles. The SMILES string of the molecule is CC(C)N1CCOC(CN2CCN(C(=O)CCC3CCNC3)CC2)C1.Cl.Cl.Cl. The maximum Gasteiger partial charge on any atom is 0.222 e. The smallest absolute Gasteiger partial charge is 0.222 e. The van der Waals surface area contributed by atoms with E-state index < -0.39 is 0 Å². The third-order valence-corrected chi connectivity index (χ3v) is 6.02. The summed E-state index contributed by atoms with van der Waals surface area (Å²) in [5, 5.41) is 3.38. The lowest BCUT2D eigenvalue weighted by Gasteiger charge is -2.40. The molecule has 3 aliphatic heterocycles.